The van der Waals surface area contributed by atoms with Crippen LogP contribution < -0.4 is 16.8 Å². The largest absolute Gasteiger partial charge is 0.389 e. The fourth-order valence-electron chi connectivity index (χ4n) is 4.36. The van der Waals surface area contributed by atoms with Crippen molar-refractivity contribution in [2.24, 2.45) is 11.7 Å². The summed E-state index contributed by atoms with van der Waals surface area (Å²) < 4.78 is 2.37. The van der Waals surface area contributed by atoms with E-state index in [1.54, 1.807) is 0 Å². The first-order valence-electron chi connectivity index (χ1n) is 12.7. The summed E-state index contributed by atoms with van der Waals surface area (Å²) in [5.41, 5.74) is 17.6. The fraction of sp³-hybridized carbons (Fsp3) is 0.500. The molecule has 184 valence electrons. The van der Waals surface area contributed by atoms with Crippen LogP contribution in [0.25, 0.3) is 21.9 Å². The summed E-state index contributed by atoms with van der Waals surface area (Å²) in [7, 11) is 0. The maximum absolute atomic E-state index is 6.31. The number of aryl methyl sites for hydroxylation is 2. The van der Waals surface area contributed by atoms with Crippen molar-refractivity contribution >= 4 is 27.8 Å². The summed E-state index contributed by atoms with van der Waals surface area (Å²) in [5.74, 6) is 2.04. The standard InChI is InChI=1S/C28H42N6/c1-6-7-14-25-33-26-27(22-12-8-9-13-24(22)32-28(26)30)34(25)18-11-10-17-31-20(4)15-16-23(29)21(5)19(2)3/h8-9,12-13,19,23,31H,4-7,10-11,14-18,29H2,1-3H3,(H2,30,32). The van der Waals surface area contributed by atoms with Gasteiger partial charge in [-0.2, -0.15) is 0 Å². The summed E-state index contributed by atoms with van der Waals surface area (Å²) in [6, 6.07) is 8.23. The topological polar surface area (TPSA) is 94.8 Å². The summed E-state index contributed by atoms with van der Waals surface area (Å²) in [4.78, 5) is 9.51. The van der Waals surface area contributed by atoms with Gasteiger partial charge in [-0.05, 0) is 44.1 Å². The van der Waals surface area contributed by atoms with Gasteiger partial charge in [0, 0.05) is 36.6 Å². The predicted octanol–water partition coefficient (Wildman–Crippen LogP) is 5.71. The molecule has 6 nitrogen and oxygen atoms in total. The molecule has 5 N–H and O–H groups in total. The van der Waals surface area contributed by atoms with E-state index in [1.807, 2.05) is 12.1 Å². The summed E-state index contributed by atoms with van der Waals surface area (Å²) in [5, 5.41) is 4.59. The Kier molecular flexibility index (Phi) is 9.11. The van der Waals surface area contributed by atoms with Crippen LogP contribution in [-0.2, 0) is 13.0 Å². The molecule has 0 fully saturated rings. The molecule has 0 amide bonds. The highest BCUT2D eigenvalue weighted by atomic mass is 15.1. The molecule has 1 aromatic carbocycles. The molecule has 1 unspecified atom stereocenters. The van der Waals surface area contributed by atoms with Crippen LogP contribution in [0.5, 0.6) is 0 Å². The Morgan fingerprint density at radius 1 is 1.12 bits per heavy atom. The molecule has 0 radical (unpaired) electrons. The van der Waals surface area contributed by atoms with Crippen LogP contribution in [0.2, 0.25) is 0 Å². The van der Waals surface area contributed by atoms with Gasteiger partial charge >= 0.3 is 0 Å². The van der Waals surface area contributed by atoms with Gasteiger partial charge in [-0.1, -0.05) is 64.1 Å². The monoisotopic (exact) mass is 462 g/mol. The summed E-state index contributed by atoms with van der Waals surface area (Å²) in [6.07, 6.45) is 7.06. The second-order valence-corrected chi connectivity index (χ2v) is 9.61. The van der Waals surface area contributed by atoms with E-state index in [2.05, 4.69) is 60.9 Å². The molecule has 0 aliphatic carbocycles. The Bertz CT molecular complexity index is 1130. The number of fused-ring (bicyclic) bond motifs is 3. The quantitative estimate of drug-likeness (QED) is 0.211. The Balaban J connectivity index is 1.61. The molecule has 2 aromatic heterocycles. The van der Waals surface area contributed by atoms with E-state index in [0.29, 0.717) is 11.7 Å². The SMILES string of the molecule is C=C(CCC(N)C(=C)C(C)C)NCCCCn1c(CCCC)nc2c(N)nc3ccccc3c21. The highest BCUT2D eigenvalue weighted by molar-refractivity contribution is 6.06. The van der Waals surface area contributed by atoms with Crippen molar-refractivity contribution in [3.63, 3.8) is 0 Å². The molecule has 1 atom stereocenters. The minimum Gasteiger partial charge on any atom is -0.389 e. The van der Waals surface area contributed by atoms with Gasteiger partial charge in [0.25, 0.3) is 0 Å². The third-order valence-electron chi connectivity index (χ3n) is 6.60. The number of para-hydroxylation sites is 1. The molecule has 0 spiro atoms. The van der Waals surface area contributed by atoms with Crippen LogP contribution in [0.3, 0.4) is 0 Å². The van der Waals surface area contributed by atoms with Gasteiger partial charge in [0.2, 0.25) is 0 Å². The van der Waals surface area contributed by atoms with E-state index >= 15 is 0 Å². The van der Waals surface area contributed by atoms with Gasteiger partial charge < -0.3 is 21.4 Å². The second kappa shape index (κ2) is 12.0. The van der Waals surface area contributed by atoms with Crippen molar-refractivity contribution in [3.05, 3.63) is 54.5 Å². The van der Waals surface area contributed by atoms with Crippen LogP contribution in [0.1, 0.15) is 65.1 Å². The van der Waals surface area contributed by atoms with Crippen LogP contribution >= 0.6 is 0 Å². The van der Waals surface area contributed by atoms with Crippen LogP contribution in [-0.4, -0.2) is 27.1 Å². The lowest BCUT2D eigenvalue weighted by Gasteiger charge is -2.19. The highest BCUT2D eigenvalue weighted by Crippen LogP contribution is 2.29. The molecule has 0 aliphatic rings. The van der Waals surface area contributed by atoms with Gasteiger partial charge in [-0.15, -0.1) is 0 Å². The number of hydrogen-bond acceptors (Lipinski definition) is 5. The lowest BCUT2D eigenvalue weighted by molar-refractivity contribution is 0.561. The minimum absolute atomic E-state index is 0.0337. The highest BCUT2D eigenvalue weighted by Gasteiger charge is 2.17. The molecule has 0 bridgehead atoms. The number of nitrogens with two attached hydrogens (primary N) is 2. The van der Waals surface area contributed by atoms with E-state index in [1.165, 1.54) is 0 Å². The lowest BCUT2D eigenvalue weighted by Crippen LogP contribution is -2.26. The normalized spacial score (nSPS) is 12.5. The number of anilines is 1. The molecule has 0 aliphatic heterocycles. The molecular formula is C28H42N6. The molecule has 2 heterocycles. The van der Waals surface area contributed by atoms with Gasteiger partial charge in [-0.3, -0.25) is 0 Å². The Morgan fingerprint density at radius 3 is 2.62 bits per heavy atom. The third kappa shape index (κ3) is 6.17. The smallest absolute Gasteiger partial charge is 0.152 e. The van der Waals surface area contributed by atoms with Gasteiger partial charge in [0.15, 0.2) is 5.82 Å². The predicted molar refractivity (Wildman–Crippen MR) is 146 cm³/mol. The molecular weight excluding hydrogens is 420 g/mol. The maximum Gasteiger partial charge on any atom is 0.152 e. The number of aromatic nitrogens is 3. The Labute approximate surface area is 204 Å². The first-order chi connectivity index (χ1) is 16.3. The summed E-state index contributed by atoms with van der Waals surface area (Å²) >= 11 is 0. The number of imidazole rings is 1. The zero-order valence-corrected chi connectivity index (χ0v) is 21.2. The third-order valence-corrected chi connectivity index (χ3v) is 6.60. The van der Waals surface area contributed by atoms with Crippen LogP contribution in [0, 0.1) is 5.92 Å². The van der Waals surface area contributed by atoms with Gasteiger partial charge in [0.1, 0.15) is 11.3 Å². The molecule has 3 rings (SSSR count). The van der Waals surface area contributed by atoms with Crippen LogP contribution in [0.15, 0.2) is 48.7 Å². The number of nitrogen functional groups attached to an aromatic ring is 1. The van der Waals surface area contributed by atoms with Crippen molar-refractivity contribution in [1.82, 2.24) is 19.9 Å². The molecule has 0 saturated heterocycles. The van der Waals surface area contributed by atoms with E-state index in [9.17, 15) is 0 Å². The van der Waals surface area contributed by atoms with Crippen LogP contribution in [0.4, 0.5) is 5.82 Å². The Morgan fingerprint density at radius 2 is 1.88 bits per heavy atom. The zero-order chi connectivity index (χ0) is 24.7. The van der Waals surface area contributed by atoms with E-state index in [0.717, 1.165) is 97.1 Å². The van der Waals surface area contributed by atoms with E-state index in [4.69, 9.17) is 16.5 Å². The van der Waals surface area contributed by atoms with E-state index in [-0.39, 0.29) is 6.04 Å². The van der Waals surface area contributed by atoms with Crippen molar-refractivity contribution in [1.29, 1.82) is 0 Å². The molecule has 34 heavy (non-hydrogen) atoms. The number of nitrogens with zero attached hydrogens (tertiary/aromatic N) is 3. The number of nitrogens with one attached hydrogen (secondary N) is 1. The fourth-order valence-corrected chi connectivity index (χ4v) is 4.36. The molecule has 0 saturated carbocycles. The number of unbranched alkanes of at least 4 members (excludes halogenated alkanes) is 2. The van der Waals surface area contributed by atoms with Crippen molar-refractivity contribution in [2.75, 3.05) is 12.3 Å². The number of hydrogen-bond donors (Lipinski definition) is 3. The van der Waals surface area contributed by atoms with Gasteiger partial charge in [0.05, 0.1) is 11.0 Å². The average molecular weight is 463 g/mol. The minimum atomic E-state index is 0.0337. The van der Waals surface area contributed by atoms with Crippen molar-refractivity contribution < 1.29 is 0 Å². The maximum atomic E-state index is 6.31. The average Bonchev–Trinajstić information content (AvgIpc) is 3.19. The van der Waals surface area contributed by atoms with Crippen molar-refractivity contribution in [2.45, 2.75) is 78.3 Å². The zero-order valence-electron chi connectivity index (χ0n) is 21.2. The number of pyridine rings is 1. The number of rotatable bonds is 14. The number of benzene rings is 1. The van der Waals surface area contributed by atoms with Crippen molar-refractivity contribution in [3.8, 4) is 0 Å². The lowest BCUT2D eigenvalue weighted by atomic mass is 9.94. The van der Waals surface area contributed by atoms with E-state index < -0.39 is 0 Å². The molecule has 6 heteroatoms. The summed E-state index contributed by atoms with van der Waals surface area (Å²) in [6.45, 7) is 16.6. The first-order valence-corrected chi connectivity index (χ1v) is 12.7. The van der Waals surface area contributed by atoms with Gasteiger partial charge in [-0.25, -0.2) is 9.97 Å². The Hall–Kier alpha value is -2.86. The number of allylic oxidation sites excluding steroid dienone is 1. The molecule has 3 aromatic rings. The first kappa shape index (κ1) is 25.8. The second-order valence-electron chi connectivity index (χ2n) is 9.61.